The predicted octanol–water partition coefficient (Wildman–Crippen LogP) is 3.11. The van der Waals surface area contributed by atoms with Gasteiger partial charge in [-0.3, -0.25) is 14.2 Å². The Morgan fingerprint density at radius 1 is 1.32 bits per heavy atom. The maximum absolute atomic E-state index is 12.6. The summed E-state index contributed by atoms with van der Waals surface area (Å²) in [7, 11) is 1.71. The normalized spacial score (nSPS) is 21.9. The summed E-state index contributed by atoms with van der Waals surface area (Å²) in [5.41, 5.74) is 0.586. The molecule has 2 aromatic rings. The largest absolute Gasteiger partial charge is 0.352 e. The number of benzene rings is 1. The Morgan fingerprint density at radius 2 is 2.04 bits per heavy atom. The number of rotatable bonds is 4. The molecular weight excluding hydrogens is 334 g/mol. The SMILES string of the molecule is C[C@@H]1CCCC[C@H]1NC(=O)[C@@H](C)Sc1nc2ccccc2c(=O)n1C. The highest BCUT2D eigenvalue weighted by atomic mass is 32.2. The molecule has 1 fully saturated rings. The number of para-hydroxylation sites is 1. The zero-order valence-corrected chi connectivity index (χ0v) is 15.8. The average Bonchev–Trinajstić information content (AvgIpc) is 2.61. The van der Waals surface area contributed by atoms with Gasteiger partial charge in [-0.2, -0.15) is 0 Å². The van der Waals surface area contributed by atoms with E-state index in [1.54, 1.807) is 13.1 Å². The highest BCUT2D eigenvalue weighted by Gasteiger charge is 2.26. The number of nitrogens with zero attached hydrogens (tertiary/aromatic N) is 2. The van der Waals surface area contributed by atoms with Gasteiger partial charge >= 0.3 is 0 Å². The van der Waals surface area contributed by atoms with Crippen LogP contribution in [0.1, 0.15) is 39.5 Å². The van der Waals surface area contributed by atoms with Crippen LogP contribution < -0.4 is 10.9 Å². The fourth-order valence-corrected chi connectivity index (χ4v) is 4.23. The first-order valence-electron chi connectivity index (χ1n) is 8.90. The second kappa shape index (κ2) is 7.60. The Hall–Kier alpha value is -1.82. The molecule has 25 heavy (non-hydrogen) atoms. The molecule has 134 valence electrons. The molecule has 0 unspecified atom stereocenters. The van der Waals surface area contributed by atoms with Crippen LogP contribution in [0.25, 0.3) is 10.9 Å². The van der Waals surface area contributed by atoms with Crippen molar-refractivity contribution in [3.63, 3.8) is 0 Å². The van der Waals surface area contributed by atoms with Gasteiger partial charge in [0, 0.05) is 13.1 Å². The number of carbonyl (C=O) groups excluding carboxylic acids is 1. The molecule has 3 atom stereocenters. The van der Waals surface area contributed by atoms with E-state index in [4.69, 9.17) is 0 Å². The van der Waals surface area contributed by atoms with Gasteiger partial charge < -0.3 is 5.32 Å². The summed E-state index contributed by atoms with van der Waals surface area (Å²) in [6.45, 7) is 4.07. The molecular formula is C19H25N3O2S. The van der Waals surface area contributed by atoms with Crippen molar-refractivity contribution in [1.82, 2.24) is 14.9 Å². The third kappa shape index (κ3) is 3.89. The first kappa shape index (κ1) is 18.0. The molecule has 1 aliphatic carbocycles. The van der Waals surface area contributed by atoms with Crippen LogP contribution in [0.5, 0.6) is 0 Å². The monoisotopic (exact) mass is 359 g/mol. The minimum absolute atomic E-state index is 0.0196. The Balaban J connectivity index is 1.75. The van der Waals surface area contributed by atoms with E-state index in [1.807, 2.05) is 25.1 Å². The summed E-state index contributed by atoms with van der Waals surface area (Å²) in [6, 6.07) is 7.57. The van der Waals surface area contributed by atoms with Crippen molar-refractivity contribution in [2.24, 2.45) is 13.0 Å². The third-order valence-corrected chi connectivity index (χ3v) is 6.18. The van der Waals surface area contributed by atoms with Crippen molar-refractivity contribution >= 4 is 28.6 Å². The topological polar surface area (TPSA) is 64.0 Å². The van der Waals surface area contributed by atoms with E-state index in [0.29, 0.717) is 22.0 Å². The van der Waals surface area contributed by atoms with E-state index in [1.165, 1.54) is 35.6 Å². The van der Waals surface area contributed by atoms with Crippen LogP contribution in [-0.4, -0.2) is 26.8 Å². The lowest BCUT2D eigenvalue weighted by Gasteiger charge is -2.30. The van der Waals surface area contributed by atoms with Crippen molar-refractivity contribution in [2.75, 3.05) is 0 Å². The molecule has 1 saturated carbocycles. The zero-order valence-electron chi connectivity index (χ0n) is 15.0. The Labute approximate surface area is 152 Å². The standard InChI is InChI=1S/C19H25N3O2S/c1-12-8-4-6-10-15(12)20-17(23)13(2)25-19-21-16-11-7-5-9-14(16)18(24)22(19)3/h5,7,9,11-13,15H,4,6,8,10H2,1-3H3,(H,20,23)/t12-,13-,15-/m1/s1. The van der Waals surface area contributed by atoms with Gasteiger partial charge in [0.1, 0.15) is 0 Å². The highest BCUT2D eigenvalue weighted by Crippen LogP contribution is 2.26. The first-order chi connectivity index (χ1) is 12.0. The quantitative estimate of drug-likeness (QED) is 0.673. The summed E-state index contributed by atoms with van der Waals surface area (Å²) in [5.74, 6) is 0.546. The predicted molar refractivity (Wildman–Crippen MR) is 102 cm³/mol. The van der Waals surface area contributed by atoms with Gasteiger partial charge in [0.2, 0.25) is 5.91 Å². The fourth-order valence-electron chi connectivity index (χ4n) is 3.35. The van der Waals surface area contributed by atoms with Crippen LogP contribution in [0.4, 0.5) is 0 Å². The van der Waals surface area contributed by atoms with Gasteiger partial charge in [-0.1, -0.05) is 43.7 Å². The van der Waals surface area contributed by atoms with Gasteiger partial charge in [-0.05, 0) is 37.8 Å². The molecule has 5 nitrogen and oxygen atoms in total. The number of fused-ring (bicyclic) bond motifs is 1. The molecule has 3 rings (SSSR count). The molecule has 0 aliphatic heterocycles. The lowest BCUT2D eigenvalue weighted by atomic mass is 9.86. The third-order valence-electron chi connectivity index (χ3n) is 5.03. The lowest BCUT2D eigenvalue weighted by molar-refractivity contribution is -0.121. The van der Waals surface area contributed by atoms with Crippen LogP contribution in [0.15, 0.2) is 34.2 Å². The van der Waals surface area contributed by atoms with Crippen LogP contribution in [0, 0.1) is 5.92 Å². The first-order valence-corrected chi connectivity index (χ1v) is 9.78. The summed E-state index contributed by atoms with van der Waals surface area (Å²) >= 11 is 1.34. The molecule has 0 radical (unpaired) electrons. The highest BCUT2D eigenvalue weighted by molar-refractivity contribution is 8.00. The van der Waals surface area contributed by atoms with Gasteiger partial charge in [-0.25, -0.2) is 4.98 Å². The molecule has 6 heteroatoms. The van der Waals surface area contributed by atoms with Gasteiger partial charge in [0.25, 0.3) is 5.56 Å². The van der Waals surface area contributed by atoms with E-state index >= 15 is 0 Å². The number of hydrogen-bond acceptors (Lipinski definition) is 4. The van der Waals surface area contributed by atoms with Crippen LogP contribution >= 0.6 is 11.8 Å². The van der Waals surface area contributed by atoms with Crippen molar-refractivity contribution in [2.45, 2.75) is 56.0 Å². The van der Waals surface area contributed by atoms with Crippen LogP contribution in [0.3, 0.4) is 0 Å². The van der Waals surface area contributed by atoms with Crippen molar-refractivity contribution in [1.29, 1.82) is 0 Å². The summed E-state index contributed by atoms with van der Waals surface area (Å²) in [5, 5.41) is 4.06. The lowest BCUT2D eigenvalue weighted by Crippen LogP contribution is -2.44. The maximum Gasteiger partial charge on any atom is 0.261 e. The molecule has 1 aromatic carbocycles. The van der Waals surface area contributed by atoms with Gasteiger partial charge in [0.15, 0.2) is 5.16 Å². The van der Waals surface area contributed by atoms with Gasteiger partial charge in [0.05, 0.1) is 16.2 Å². The Morgan fingerprint density at radius 3 is 2.80 bits per heavy atom. The molecule has 1 aliphatic rings. The van der Waals surface area contributed by atoms with E-state index in [0.717, 1.165) is 6.42 Å². The van der Waals surface area contributed by atoms with Crippen molar-refractivity contribution in [3.05, 3.63) is 34.6 Å². The summed E-state index contributed by atoms with van der Waals surface area (Å²) in [4.78, 5) is 29.6. The number of thioether (sulfide) groups is 1. The minimum atomic E-state index is -0.298. The molecule has 1 N–H and O–H groups in total. The molecule has 1 heterocycles. The molecule has 0 spiro atoms. The minimum Gasteiger partial charge on any atom is -0.352 e. The van der Waals surface area contributed by atoms with E-state index in [9.17, 15) is 9.59 Å². The smallest absolute Gasteiger partial charge is 0.261 e. The van der Waals surface area contributed by atoms with E-state index in [2.05, 4.69) is 17.2 Å². The Bertz CT molecular complexity index is 833. The molecule has 1 aromatic heterocycles. The summed E-state index contributed by atoms with van der Waals surface area (Å²) < 4.78 is 1.53. The van der Waals surface area contributed by atoms with E-state index in [-0.39, 0.29) is 22.8 Å². The van der Waals surface area contributed by atoms with Crippen molar-refractivity contribution in [3.8, 4) is 0 Å². The fraction of sp³-hybridized carbons (Fsp3) is 0.526. The summed E-state index contributed by atoms with van der Waals surface area (Å²) in [6.07, 6.45) is 4.66. The number of amides is 1. The van der Waals surface area contributed by atoms with Crippen molar-refractivity contribution < 1.29 is 4.79 Å². The average molecular weight is 359 g/mol. The molecule has 1 amide bonds. The van der Waals surface area contributed by atoms with E-state index < -0.39 is 0 Å². The maximum atomic E-state index is 12.6. The molecule has 0 bridgehead atoms. The zero-order chi connectivity index (χ0) is 18.0. The number of nitrogens with one attached hydrogen (secondary N) is 1. The second-order valence-corrected chi connectivity index (χ2v) is 8.22. The molecule has 0 saturated heterocycles. The number of hydrogen-bond donors (Lipinski definition) is 1. The Kier molecular flexibility index (Phi) is 5.47. The van der Waals surface area contributed by atoms with Crippen LogP contribution in [-0.2, 0) is 11.8 Å². The number of carbonyl (C=O) groups is 1. The number of aromatic nitrogens is 2. The van der Waals surface area contributed by atoms with Crippen LogP contribution in [0.2, 0.25) is 0 Å². The van der Waals surface area contributed by atoms with Gasteiger partial charge in [-0.15, -0.1) is 0 Å². The second-order valence-electron chi connectivity index (χ2n) is 6.91.